The number of hydrogen-bond donors (Lipinski definition) is 1. The number of methoxy groups -OCH3 is 1. The molecule has 1 N–H and O–H groups in total. The molecule has 0 aliphatic carbocycles. The number of benzene rings is 2. The maximum atomic E-state index is 13.5. The van der Waals surface area contributed by atoms with Crippen molar-refractivity contribution in [3.8, 4) is 11.5 Å². The molecule has 3 aromatic rings. The van der Waals surface area contributed by atoms with E-state index in [0.29, 0.717) is 11.4 Å². The Balaban J connectivity index is 1.62. The summed E-state index contributed by atoms with van der Waals surface area (Å²) < 4.78 is 38.0. The van der Waals surface area contributed by atoms with Crippen LogP contribution in [0.15, 0.2) is 54.7 Å². The zero-order chi connectivity index (χ0) is 18.5. The average molecular weight is 359 g/mol. The standard InChI is InChI=1S/C18H15F2N3O3/c1-25-14-4-2-3-13(10-14)21-18(24)16-7-8-23(22-16)11-26-17-6-5-12(19)9-15(17)20/h2-10H,11H2,1H3,(H,21,24). The van der Waals surface area contributed by atoms with Crippen LogP contribution in [0.4, 0.5) is 14.5 Å². The number of ether oxygens (including phenoxy) is 2. The Labute approximate surface area is 148 Å². The Morgan fingerprint density at radius 2 is 2.04 bits per heavy atom. The van der Waals surface area contributed by atoms with Gasteiger partial charge >= 0.3 is 0 Å². The van der Waals surface area contributed by atoms with Crippen molar-refractivity contribution in [1.29, 1.82) is 0 Å². The first-order valence-corrected chi connectivity index (χ1v) is 7.62. The van der Waals surface area contributed by atoms with Crippen LogP contribution < -0.4 is 14.8 Å². The minimum absolute atomic E-state index is 0.107. The number of anilines is 1. The zero-order valence-corrected chi connectivity index (χ0v) is 13.8. The normalized spacial score (nSPS) is 10.4. The molecule has 6 nitrogen and oxygen atoms in total. The summed E-state index contributed by atoms with van der Waals surface area (Å²) >= 11 is 0. The van der Waals surface area contributed by atoms with Gasteiger partial charge < -0.3 is 14.8 Å². The molecular formula is C18H15F2N3O3. The van der Waals surface area contributed by atoms with Crippen LogP contribution in [0.5, 0.6) is 11.5 Å². The van der Waals surface area contributed by atoms with Crippen LogP contribution in [0.1, 0.15) is 10.5 Å². The number of rotatable bonds is 6. The van der Waals surface area contributed by atoms with Crippen molar-refractivity contribution in [1.82, 2.24) is 9.78 Å². The first-order chi connectivity index (χ1) is 12.5. The van der Waals surface area contributed by atoms with E-state index in [-0.39, 0.29) is 18.2 Å². The van der Waals surface area contributed by atoms with Crippen LogP contribution in [0.25, 0.3) is 0 Å². The lowest BCUT2D eigenvalue weighted by molar-refractivity contribution is 0.102. The van der Waals surface area contributed by atoms with Gasteiger partial charge in [-0.25, -0.2) is 13.5 Å². The van der Waals surface area contributed by atoms with Gasteiger partial charge in [-0.2, -0.15) is 5.10 Å². The highest BCUT2D eigenvalue weighted by Crippen LogP contribution is 2.19. The van der Waals surface area contributed by atoms with Crippen LogP contribution in [0.2, 0.25) is 0 Å². The second-order valence-electron chi connectivity index (χ2n) is 5.27. The summed E-state index contributed by atoms with van der Waals surface area (Å²) in [5, 5.41) is 6.76. The van der Waals surface area contributed by atoms with Crippen LogP contribution in [0.3, 0.4) is 0 Å². The van der Waals surface area contributed by atoms with Gasteiger partial charge in [0.15, 0.2) is 24.0 Å². The third-order valence-electron chi connectivity index (χ3n) is 3.45. The van der Waals surface area contributed by atoms with Crippen LogP contribution in [-0.4, -0.2) is 22.8 Å². The Kier molecular flexibility index (Phi) is 5.12. The molecule has 0 unspecified atom stereocenters. The van der Waals surface area contributed by atoms with Gasteiger partial charge in [0, 0.05) is 24.0 Å². The first-order valence-electron chi connectivity index (χ1n) is 7.62. The molecular weight excluding hydrogens is 344 g/mol. The third kappa shape index (κ3) is 4.15. The topological polar surface area (TPSA) is 65.4 Å². The highest BCUT2D eigenvalue weighted by molar-refractivity contribution is 6.02. The maximum absolute atomic E-state index is 13.5. The van der Waals surface area contributed by atoms with Gasteiger partial charge in [-0.1, -0.05) is 6.07 Å². The molecule has 8 heteroatoms. The molecule has 0 aliphatic rings. The van der Waals surface area contributed by atoms with Crippen molar-refractivity contribution < 1.29 is 23.0 Å². The van der Waals surface area contributed by atoms with E-state index >= 15 is 0 Å². The molecule has 1 amide bonds. The fourth-order valence-corrected chi connectivity index (χ4v) is 2.18. The van der Waals surface area contributed by atoms with Crippen LogP contribution in [-0.2, 0) is 6.73 Å². The molecule has 0 aliphatic heterocycles. The number of nitrogens with one attached hydrogen (secondary N) is 1. The van der Waals surface area contributed by atoms with E-state index in [1.54, 1.807) is 24.3 Å². The fraction of sp³-hybridized carbons (Fsp3) is 0.111. The quantitative estimate of drug-likeness (QED) is 0.732. The van der Waals surface area contributed by atoms with E-state index in [0.717, 1.165) is 12.1 Å². The smallest absolute Gasteiger partial charge is 0.276 e. The summed E-state index contributed by atoms with van der Waals surface area (Å²) in [6.45, 7) is -0.130. The molecule has 26 heavy (non-hydrogen) atoms. The molecule has 0 saturated carbocycles. The maximum Gasteiger partial charge on any atom is 0.276 e. The monoisotopic (exact) mass is 359 g/mol. The number of carbonyl (C=O) groups excluding carboxylic acids is 1. The summed E-state index contributed by atoms with van der Waals surface area (Å²) in [4.78, 5) is 12.2. The second kappa shape index (κ2) is 7.64. The predicted molar refractivity (Wildman–Crippen MR) is 90.2 cm³/mol. The van der Waals surface area contributed by atoms with Crippen LogP contribution >= 0.6 is 0 Å². The Morgan fingerprint density at radius 3 is 2.81 bits per heavy atom. The van der Waals surface area contributed by atoms with Crippen molar-refractivity contribution >= 4 is 11.6 Å². The molecule has 0 atom stereocenters. The van der Waals surface area contributed by atoms with Crippen LogP contribution in [0, 0.1) is 11.6 Å². The van der Waals surface area contributed by atoms with Gasteiger partial charge in [0.25, 0.3) is 5.91 Å². The molecule has 0 saturated heterocycles. The Bertz CT molecular complexity index is 928. The Hall–Kier alpha value is -3.42. The molecule has 0 fully saturated rings. The molecule has 1 aromatic heterocycles. The summed E-state index contributed by atoms with van der Waals surface area (Å²) in [5.41, 5.74) is 0.726. The lowest BCUT2D eigenvalue weighted by Crippen LogP contribution is -2.14. The lowest BCUT2D eigenvalue weighted by Gasteiger charge is -2.07. The zero-order valence-electron chi connectivity index (χ0n) is 13.8. The average Bonchev–Trinajstić information content (AvgIpc) is 3.10. The lowest BCUT2D eigenvalue weighted by atomic mass is 10.3. The first kappa shape index (κ1) is 17.4. The number of aromatic nitrogens is 2. The molecule has 0 spiro atoms. The molecule has 2 aromatic carbocycles. The SMILES string of the molecule is COc1cccc(NC(=O)c2ccn(COc3ccc(F)cc3F)n2)c1. The minimum atomic E-state index is -0.812. The number of carbonyl (C=O) groups is 1. The van der Waals surface area contributed by atoms with E-state index in [9.17, 15) is 13.6 Å². The summed E-state index contributed by atoms with van der Waals surface area (Å²) in [6.07, 6.45) is 1.52. The van der Waals surface area contributed by atoms with Gasteiger partial charge in [0.1, 0.15) is 11.6 Å². The molecule has 3 rings (SSSR count). The summed E-state index contributed by atoms with van der Waals surface area (Å²) in [7, 11) is 1.53. The van der Waals surface area contributed by atoms with Crippen molar-refractivity contribution in [2.24, 2.45) is 0 Å². The van der Waals surface area contributed by atoms with Gasteiger partial charge in [-0.3, -0.25) is 4.79 Å². The fourth-order valence-electron chi connectivity index (χ4n) is 2.18. The van der Waals surface area contributed by atoms with Crippen molar-refractivity contribution in [2.75, 3.05) is 12.4 Å². The Morgan fingerprint density at radius 1 is 1.19 bits per heavy atom. The number of hydrogen-bond acceptors (Lipinski definition) is 4. The van der Waals surface area contributed by atoms with Gasteiger partial charge in [-0.05, 0) is 30.3 Å². The van der Waals surface area contributed by atoms with E-state index < -0.39 is 17.5 Å². The minimum Gasteiger partial charge on any atom is -0.497 e. The highest BCUT2D eigenvalue weighted by atomic mass is 19.1. The largest absolute Gasteiger partial charge is 0.497 e. The van der Waals surface area contributed by atoms with Crippen molar-refractivity contribution in [3.05, 3.63) is 72.1 Å². The summed E-state index contributed by atoms with van der Waals surface area (Å²) in [5.74, 6) is -1.41. The predicted octanol–water partition coefficient (Wildman–Crippen LogP) is 3.46. The van der Waals surface area contributed by atoms with Crippen molar-refractivity contribution in [2.45, 2.75) is 6.73 Å². The van der Waals surface area contributed by atoms with E-state index in [2.05, 4.69) is 10.4 Å². The van der Waals surface area contributed by atoms with E-state index in [1.807, 2.05) is 0 Å². The van der Waals surface area contributed by atoms with Gasteiger partial charge in [0.05, 0.1) is 7.11 Å². The van der Waals surface area contributed by atoms with Crippen molar-refractivity contribution in [3.63, 3.8) is 0 Å². The van der Waals surface area contributed by atoms with Gasteiger partial charge in [0.2, 0.25) is 0 Å². The van der Waals surface area contributed by atoms with E-state index in [4.69, 9.17) is 9.47 Å². The summed E-state index contributed by atoms with van der Waals surface area (Å²) in [6, 6.07) is 11.4. The van der Waals surface area contributed by atoms with E-state index in [1.165, 1.54) is 30.1 Å². The number of amides is 1. The van der Waals surface area contributed by atoms with Gasteiger partial charge in [-0.15, -0.1) is 0 Å². The highest BCUT2D eigenvalue weighted by Gasteiger charge is 2.11. The third-order valence-corrected chi connectivity index (χ3v) is 3.45. The number of halogens is 2. The number of nitrogens with zero attached hydrogens (tertiary/aromatic N) is 2. The molecule has 1 heterocycles. The second-order valence-corrected chi connectivity index (χ2v) is 5.27. The molecule has 134 valence electrons. The molecule has 0 bridgehead atoms. The molecule has 0 radical (unpaired) electrons.